The molecule has 0 spiro atoms. The fourth-order valence-corrected chi connectivity index (χ4v) is 1.83. The van der Waals surface area contributed by atoms with E-state index in [0.29, 0.717) is 17.0 Å². The van der Waals surface area contributed by atoms with E-state index in [1.807, 2.05) is 0 Å². The molecule has 0 aliphatic carbocycles. The molecule has 0 N–H and O–H groups in total. The lowest BCUT2D eigenvalue weighted by atomic mass is 10.4. The third-order valence-corrected chi connectivity index (χ3v) is 2.66. The average Bonchev–Trinajstić information content (AvgIpc) is 2.47. The quantitative estimate of drug-likeness (QED) is 0.687. The van der Waals surface area contributed by atoms with Gasteiger partial charge in [0.25, 0.3) is 5.88 Å². The van der Waals surface area contributed by atoms with E-state index in [9.17, 15) is 4.79 Å². The monoisotopic (exact) mass is 254 g/mol. The molecular weight excluding hydrogens is 244 g/mol. The number of rotatable bonds is 2. The standard InChI is InChI=1S/C13H10N4O2/c1-19-12-13(18)17(10-6-2-3-7-14-10)11-9(16-12)5-4-8-15-11/h2-8H,1H3. The van der Waals surface area contributed by atoms with Crippen molar-refractivity contribution in [1.29, 1.82) is 0 Å². The summed E-state index contributed by atoms with van der Waals surface area (Å²) in [6.07, 6.45) is 3.22. The van der Waals surface area contributed by atoms with E-state index in [4.69, 9.17) is 4.74 Å². The van der Waals surface area contributed by atoms with Crippen LogP contribution in [0.2, 0.25) is 0 Å². The van der Waals surface area contributed by atoms with E-state index in [2.05, 4.69) is 15.0 Å². The molecule has 0 fully saturated rings. The summed E-state index contributed by atoms with van der Waals surface area (Å²) < 4.78 is 6.41. The van der Waals surface area contributed by atoms with Gasteiger partial charge in [0.05, 0.1) is 7.11 Å². The summed E-state index contributed by atoms with van der Waals surface area (Å²) in [5.41, 5.74) is 0.643. The maximum absolute atomic E-state index is 12.3. The maximum Gasteiger partial charge on any atom is 0.320 e. The van der Waals surface area contributed by atoms with Gasteiger partial charge in [-0.05, 0) is 24.3 Å². The third-order valence-electron chi connectivity index (χ3n) is 2.66. The summed E-state index contributed by atoms with van der Waals surface area (Å²) in [6, 6.07) is 8.83. The molecule has 6 heteroatoms. The number of aromatic nitrogens is 4. The highest BCUT2D eigenvalue weighted by atomic mass is 16.5. The van der Waals surface area contributed by atoms with Crippen LogP contribution in [0.4, 0.5) is 0 Å². The van der Waals surface area contributed by atoms with Crippen LogP contribution in [0.1, 0.15) is 0 Å². The lowest BCUT2D eigenvalue weighted by Crippen LogP contribution is -2.23. The molecule has 0 aliphatic rings. The molecule has 0 aliphatic heterocycles. The Hall–Kier alpha value is -2.76. The zero-order valence-corrected chi connectivity index (χ0v) is 10.1. The summed E-state index contributed by atoms with van der Waals surface area (Å²) in [7, 11) is 1.41. The van der Waals surface area contributed by atoms with Crippen molar-refractivity contribution in [2.24, 2.45) is 0 Å². The maximum atomic E-state index is 12.3. The molecule has 3 rings (SSSR count). The smallest absolute Gasteiger partial charge is 0.320 e. The first-order valence-electron chi connectivity index (χ1n) is 5.64. The molecule has 6 nitrogen and oxygen atoms in total. The van der Waals surface area contributed by atoms with Crippen molar-refractivity contribution in [3.8, 4) is 11.7 Å². The van der Waals surface area contributed by atoms with E-state index in [1.165, 1.54) is 11.7 Å². The number of ether oxygens (including phenoxy) is 1. The van der Waals surface area contributed by atoms with Crippen LogP contribution in [-0.4, -0.2) is 26.6 Å². The first-order chi connectivity index (χ1) is 9.31. The van der Waals surface area contributed by atoms with Crippen LogP contribution in [0.5, 0.6) is 5.88 Å². The molecule has 0 saturated heterocycles. The lowest BCUT2D eigenvalue weighted by molar-refractivity contribution is 0.391. The van der Waals surface area contributed by atoms with Crippen LogP contribution in [0, 0.1) is 0 Å². The Kier molecular flexibility index (Phi) is 2.68. The Morgan fingerprint density at radius 2 is 1.95 bits per heavy atom. The number of hydrogen-bond donors (Lipinski definition) is 0. The van der Waals surface area contributed by atoms with Gasteiger partial charge >= 0.3 is 5.56 Å². The van der Waals surface area contributed by atoms with Crippen molar-refractivity contribution < 1.29 is 4.74 Å². The van der Waals surface area contributed by atoms with Crippen LogP contribution < -0.4 is 10.3 Å². The molecule has 0 unspecified atom stereocenters. The second-order valence-electron chi connectivity index (χ2n) is 3.80. The minimum Gasteiger partial charge on any atom is -0.477 e. The summed E-state index contributed by atoms with van der Waals surface area (Å²) >= 11 is 0. The molecule has 94 valence electrons. The van der Waals surface area contributed by atoms with E-state index in [-0.39, 0.29) is 11.4 Å². The Balaban J connectivity index is 2.45. The van der Waals surface area contributed by atoms with Crippen LogP contribution in [-0.2, 0) is 0 Å². The Bertz CT molecular complexity index is 784. The molecule has 0 amide bonds. The molecule has 0 aromatic carbocycles. The van der Waals surface area contributed by atoms with Gasteiger partial charge in [-0.1, -0.05) is 6.07 Å². The molecule has 19 heavy (non-hydrogen) atoms. The normalized spacial score (nSPS) is 10.6. The Morgan fingerprint density at radius 3 is 2.68 bits per heavy atom. The van der Waals surface area contributed by atoms with Gasteiger partial charge in [-0.25, -0.2) is 19.5 Å². The highest BCUT2D eigenvalue weighted by molar-refractivity contribution is 5.72. The van der Waals surface area contributed by atoms with E-state index in [0.717, 1.165) is 0 Å². The van der Waals surface area contributed by atoms with Gasteiger partial charge in [-0.15, -0.1) is 0 Å². The summed E-state index contributed by atoms with van der Waals surface area (Å²) in [5, 5.41) is 0. The van der Waals surface area contributed by atoms with Crippen molar-refractivity contribution in [2.75, 3.05) is 7.11 Å². The van der Waals surface area contributed by atoms with Crippen molar-refractivity contribution in [1.82, 2.24) is 19.5 Å². The van der Waals surface area contributed by atoms with Gasteiger partial charge in [-0.2, -0.15) is 0 Å². The van der Waals surface area contributed by atoms with Crippen molar-refractivity contribution in [2.45, 2.75) is 0 Å². The molecule has 0 saturated carbocycles. The number of hydrogen-bond acceptors (Lipinski definition) is 5. The minimum absolute atomic E-state index is 0.0196. The Labute approximate surface area is 108 Å². The molecule has 3 heterocycles. The molecule has 3 aromatic rings. The second-order valence-corrected chi connectivity index (χ2v) is 3.80. The first kappa shape index (κ1) is 11.3. The molecule has 0 atom stereocenters. The van der Waals surface area contributed by atoms with E-state index in [1.54, 1.807) is 42.7 Å². The van der Waals surface area contributed by atoms with Crippen LogP contribution in [0.15, 0.2) is 47.5 Å². The van der Waals surface area contributed by atoms with Crippen LogP contribution >= 0.6 is 0 Å². The molecule has 0 bridgehead atoms. The number of fused-ring (bicyclic) bond motifs is 1. The predicted molar refractivity (Wildman–Crippen MR) is 69.5 cm³/mol. The Morgan fingerprint density at radius 1 is 1.11 bits per heavy atom. The van der Waals surface area contributed by atoms with Gasteiger partial charge in [0.2, 0.25) is 0 Å². The fraction of sp³-hybridized carbons (Fsp3) is 0.0769. The van der Waals surface area contributed by atoms with Crippen LogP contribution in [0.3, 0.4) is 0 Å². The van der Waals surface area contributed by atoms with E-state index >= 15 is 0 Å². The highest BCUT2D eigenvalue weighted by Gasteiger charge is 2.13. The largest absolute Gasteiger partial charge is 0.477 e. The zero-order chi connectivity index (χ0) is 13.2. The van der Waals surface area contributed by atoms with Crippen molar-refractivity contribution in [3.05, 3.63) is 53.1 Å². The summed E-state index contributed by atoms with van der Waals surface area (Å²) in [6.45, 7) is 0. The number of pyridine rings is 2. The lowest BCUT2D eigenvalue weighted by Gasteiger charge is -2.09. The summed E-state index contributed by atoms with van der Waals surface area (Å²) in [4.78, 5) is 24.8. The highest BCUT2D eigenvalue weighted by Crippen LogP contribution is 2.13. The van der Waals surface area contributed by atoms with Gasteiger partial charge in [0.1, 0.15) is 11.3 Å². The number of methoxy groups -OCH3 is 1. The topological polar surface area (TPSA) is 69.9 Å². The predicted octanol–water partition coefficient (Wildman–Crippen LogP) is 1.18. The molecular formula is C13H10N4O2. The SMILES string of the molecule is COc1nc2cccnc2n(-c2ccccn2)c1=O. The van der Waals surface area contributed by atoms with Crippen molar-refractivity contribution >= 4 is 11.2 Å². The minimum atomic E-state index is -0.382. The summed E-state index contributed by atoms with van der Waals surface area (Å²) in [5.74, 6) is 0.503. The van der Waals surface area contributed by atoms with E-state index < -0.39 is 0 Å². The van der Waals surface area contributed by atoms with Gasteiger partial charge < -0.3 is 4.74 Å². The third kappa shape index (κ3) is 1.83. The first-order valence-corrected chi connectivity index (χ1v) is 5.64. The molecule has 3 aromatic heterocycles. The second kappa shape index (κ2) is 4.49. The molecule has 0 radical (unpaired) electrons. The van der Waals surface area contributed by atoms with Gasteiger partial charge in [0, 0.05) is 12.4 Å². The van der Waals surface area contributed by atoms with Crippen molar-refractivity contribution in [3.63, 3.8) is 0 Å². The fourth-order valence-electron chi connectivity index (χ4n) is 1.83. The average molecular weight is 254 g/mol. The number of nitrogens with zero attached hydrogens (tertiary/aromatic N) is 4. The van der Waals surface area contributed by atoms with Crippen LogP contribution in [0.25, 0.3) is 17.0 Å². The zero-order valence-electron chi connectivity index (χ0n) is 10.1. The van der Waals surface area contributed by atoms with Gasteiger partial charge in [-0.3, -0.25) is 4.79 Å². The van der Waals surface area contributed by atoms with Gasteiger partial charge in [0.15, 0.2) is 5.65 Å².